The van der Waals surface area contributed by atoms with Crippen LogP contribution in [0.25, 0.3) is 0 Å². The number of benzene rings is 1. The Balaban J connectivity index is 2.44. The molecule has 0 unspecified atom stereocenters. The second-order valence-electron chi connectivity index (χ2n) is 6.37. The van der Waals surface area contributed by atoms with Crippen LogP contribution in [-0.4, -0.2) is 22.5 Å². The number of ether oxygens (including phenoxy) is 1. The molecule has 1 aliphatic rings. The minimum absolute atomic E-state index is 0.319. The van der Waals surface area contributed by atoms with Gasteiger partial charge in [-0.05, 0) is 52.3 Å². The largest absolute Gasteiger partial charge is 0.443 e. The molecular weight excluding hydrogens is 322 g/mol. The van der Waals surface area contributed by atoms with E-state index in [9.17, 15) is 9.59 Å². The van der Waals surface area contributed by atoms with Crippen molar-refractivity contribution < 1.29 is 14.3 Å². The zero-order chi connectivity index (χ0) is 15.3. The summed E-state index contributed by atoms with van der Waals surface area (Å²) in [7, 11) is 0. The summed E-state index contributed by atoms with van der Waals surface area (Å²) < 4.78 is 6.16. The fourth-order valence-corrected chi connectivity index (χ4v) is 2.70. The van der Waals surface area contributed by atoms with Crippen LogP contribution < -0.4 is 0 Å². The Morgan fingerprint density at radius 2 is 1.90 bits per heavy atom. The topological polar surface area (TPSA) is 46.6 Å². The average molecular weight is 340 g/mol. The minimum atomic E-state index is -0.713. The van der Waals surface area contributed by atoms with Gasteiger partial charge in [-0.2, -0.15) is 0 Å². The van der Waals surface area contributed by atoms with Crippen molar-refractivity contribution in [2.75, 3.05) is 0 Å². The Hall–Kier alpha value is -1.36. The van der Waals surface area contributed by atoms with E-state index in [4.69, 9.17) is 4.74 Å². The van der Waals surface area contributed by atoms with Crippen molar-refractivity contribution in [2.24, 2.45) is 0 Å². The number of nitrogens with zero attached hydrogens (tertiary/aromatic N) is 1. The van der Waals surface area contributed by atoms with Crippen LogP contribution in [0.5, 0.6) is 0 Å². The van der Waals surface area contributed by atoms with Gasteiger partial charge in [0.1, 0.15) is 5.60 Å². The Morgan fingerprint density at radius 3 is 2.45 bits per heavy atom. The summed E-state index contributed by atoms with van der Waals surface area (Å²) in [6.45, 7) is 9.02. The molecule has 5 heteroatoms. The third-order valence-corrected chi connectivity index (χ3v) is 3.70. The second-order valence-corrected chi connectivity index (χ2v) is 7.29. The lowest BCUT2D eigenvalue weighted by Crippen LogP contribution is -2.46. The van der Waals surface area contributed by atoms with Gasteiger partial charge >= 0.3 is 6.09 Å². The molecule has 0 saturated carbocycles. The van der Waals surface area contributed by atoms with Crippen LogP contribution in [0.4, 0.5) is 4.79 Å². The van der Waals surface area contributed by atoms with Gasteiger partial charge in [0.15, 0.2) is 0 Å². The van der Waals surface area contributed by atoms with Gasteiger partial charge in [0.25, 0.3) is 5.91 Å². The summed E-state index contributed by atoms with van der Waals surface area (Å²) in [5, 5.41) is 0. The molecular formula is C15H18BrNO3. The van der Waals surface area contributed by atoms with Crippen molar-refractivity contribution in [3.05, 3.63) is 33.8 Å². The predicted molar refractivity (Wildman–Crippen MR) is 79.6 cm³/mol. The van der Waals surface area contributed by atoms with Crippen LogP contribution in [0, 0.1) is 0 Å². The van der Waals surface area contributed by atoms with E-state index in [2.05, 4.69) is 15.9 Å². The molecule has 0 fully saturated rings. The van der Waals surface area contributed by atoms with E-state index in [1.54, 1.807) is 26.8 Å². The number of hydrogen-bond acceptors (Lipinski definition) is 3. The lowest BCUT2D eigenvalue weighted by molar-refractivity contribution is 0.00938. The maximum absolute atomic E-state index is 12.5. The average Bonchev–Trinajstić information content (AvgIpc) is 2.43. The zero-order valence-corrected chi connectivity index (χ0v) is 13.9. The highest BCUT2D eigenvalue weighted by Gasteiger charge is 2.48. The highest BCUT2D eigenvalue weighted by Crippen LogP contribution is 2.40. The molecule has 2 amide bonds. The molecule has 0 radical (unpaired) electrons. The summed E-state index contributed by atoms with van der Waals surface area (Å²) in [4.78, 5) is 26.0. The van der Waals surface area contributed by atoms with E-state index in [0.29, 0.717) is 5.56 Å². The molecule has 0 aliphatic carbocycles. The van der Waals surface area contributed by atoms with Crippen molar-refractivity contribution in [1.29, 1.82) is 0 Å². The van der Waals surface area contributed by atoms with E-state index in [1.165, 1.54) is 4.90 Å². The third-order valence-electron chi connectivity index (χ3n) is 3.21. The SMILES string of the molecule is CC(C)(C)OC(=O)N1C(=O)c2cc(Br)ccc2C1(C)C. The van der Waals surface area contributed by atoms with Crippen molar-refractivity contribution in [3.8, 4) is 0 Å². The number of fused-ring (bicyclic) bond motifs is 1. The number of imide groups is 1. The fraction of sp³-hybridized carbons (Fsp3) is 0.467. The number of halogens is 1. The van der Waals surface area contributed by atoms with E-state index >= 15 is 0 Å². The lowest BCUT2D eigenvalue weighted by Gasteiger charge is -2.32. The van der Waals surface area contributed by atoms with Gasteiger partial charge < -0.3 is 4.74 Å². The first-order chi connectivity index (χ1) is 9.04. The van der Waals surface area contributed by atoms with Crippen molar-refractivity contribution in [3.63, 3.8) is 0 Å². The van der Waals surface area contributed by atoms with E-state index in [0.717, 1.165) is 10.0 Å². The van der Waals surface area contributed by atoms with Crippen molar-refractivity contribution in [1.82, 2.24) is 4.90 Å². The molecule has 20 heavy (non-hydrogen) atoms. The zero-order valence-electron chi connectivity index (χ0n) is 12.3. The summed E-state index contributed by atoms with van der Waals surface area (Å²) in [5.74, 6) is -0.319. The third kappa shape index (κ3) is 2.46. The number of rotatable bonds is 0. The monoisotopic (exact) mass is 339 g/mol. The molecule has 0 atom stereocenters. The van der Waals surface area contributed by atoms with Gasteiger partial charge in [0, 0.05) is 10.0 Å². The number of carbonyl (C=O) groups excluding carboxylic acids is 2. The molecule has 0 N–H and O–H groups in total. The summed E-state index contributed by atoms with van der Waals surface area (Å²) >= 11 is 3.35. The van der Waals surface area contributed by atoms with E-state index in [1.807, 2.05) is 26.0 Å². The maximum Gasteiger partial charge on any atom is 0.418 e. The first-order valence-corrected chi connectivity index (χ1v) is 7.21. The first-order valence-electron chi connectivity index (χ1n) is 6.41. The van der Waals surface area contributed by atoms with Crippen LogP contribution in [0.2, 0.25) is 0 Å². The molecule has 4 nitrogen and oxygen atoms in total. The van der Waals surface area contributed by atoms with Gasteiger partial charge in [-0.1, -0.05) is 22.0 Å². The van der Waals surface area contributed by atoms with Crippen LogP contribution in [0.1, 0.15) is 50.5 Å². The van der Waals surface area contributed by atoms with Crippen molar-refractivity contribution >= 4 is 27.9 Å². The normalized spacial score (nSPS) is 17.1. The van der Waals surface area contributed by atoms with Crippen molar-refractivity contribution in [2.45, 2.75) is 45.8 Å². The molecule has 1 heterocycles. The first kappa shape index (κ1) is 15.0. The molecule has 1 aromatic carbocycles. The summed E-state index contributed by atoms with van der Waals surface area (Å²) in [5.41, 5.74) is 0.0184. The Labute approximate surface area is 127 Å². The molecule has 0 spiro atoms. The van der Waals surface area contributed by atoms with E-state index in [-0.39, 0.29) is 5.91 Å². The Morgan fingerprint density at radius 1 is 1.30 bits per heavy atom. The molecule has 0 aromatic heterocycles. The van der Waals surface area contributed by atoms with Crippen LogP contribution in [0.15, 0.2) is 22.7 Å². The second kappa shape index (κ2) is 4.58. The highest BCUT2D eigenvalue weighted by molar-refractivity contribution is 9.10. The van der Waals surface area contributed by atoms with Gasteiger partial charge in [-0.3, -0.25) is 4.79 Å². The standard InChI is InChI=1S/C15H18BrNO3/c1-14(2,3)20-13(19)17-12(18)10-8-9(16)6-7-11(10)15(17,4)5/h6-8H,1-5H3. The predicted octanol–water partition coefficient (Wildman–Crippen LogP) is 4.08. The van der Waals surface area contributed by atoms with E-state index < -0.39 is 17.2 Å². The van der Waals surface area contributed by atoms with Crippen LogP contribution in [0.3, 0.4) is 0 Å². The Bertz CT molecular complexity index is 587. The summed E-state index contributed by atoms with van der Waals surface area (Å²) in [6.07, 6.45) is -0.611. The quantitative estimate of drug-likeness (QED) is 0.715. The van der Waals surface area contributed by atoms with Crippen LogP contribution >= 0.6 is 15.9 Å². The van der Waals surface area contributed by atoms with Gasteiger partial charge in [-0.25, -0.2) is 9.69 Å². The number of amides is 2. The fourth-order valence-electron chi connectivity index (χ4n) is 2.34. The van der Waals surface area contributed by atoms with Crippen LogP contribution in [-0.2, 0) is 10.3 Å². The Kier molecular flexibility index (Phi) is 3.45. The summed E-state index contributed by atoms with van der Waals surface area (Å²) in [6, 6.07) is 5.47. The molecule has 2 rings (SSSR count). The van der Waals surface area contributed by atoms with Gasteiger partial charge in [0.05, 0.1) is 5.54 Å². The molecule has 108 valence electrons. The molecule has 0 bridgehead atoms. The van der Waals surface area contributed by atoms with Gasteiger partial charge in [0.2, 0.25) is 0 Å². The minimum Gasteiger partial charge on any atom is -0.443 e. The number of carbonyl (C=O) groups is 2. The maximum atomic E-state index is 12.5. The molecule has 0 saturated heterocycles. The number of hydrogen-bond donors (Lipinski definition) is 0. The smallest absolute Gasteiger partial charge is 0.418 e. The van der Waals surface area contributed by atoms with Gasteiger partial charge in [-0.15, -0.1) is 0 Å². The highest BCUT2D eigenvalue weighted by atomic mass is 79.9. The molecule has 1 aromatic rings. The lowest BCUT2D eigenvalue weighted by atomic mass is 9.94. The molecule has 1 aliphatic heterocycles.